The number of carbonyl (C=O) groups excluding carboxylic acids is 1. The van der Waals surface area contributed by atoms with Gasteiger partial charge in [-0.05, 0) is 45.7 Å². The van der Waals surface area contributed by atoms with Crippen molar-refractivity contribution in [1.29, 1.82) is 0 Å². The number of rotatable bonds is 3. The molecule has 36 heavy (non-hydrogen) atoms. The van der Waals surface area contributed by atoms with E-state index in [-0.39, 0.29) is 41.7 Å². The normalized spacial score (nSPS) is 21.7. The fourth-order valence-corrected chi connectivity index (χ4v) is 4.58. The number of anilines is 1. The maximum Gasteiger partial charge on any atom is 0.418 e. The number of amides is 1. The molecule has 1 amide bonds. The Morgan fingerprint density at radius 1 is 1.06 bits per heavy atom. The van der Waals surface area contributed by atoms with Crippen LogP contribution in [0.25, 0.3) is 16.7 Å². The molecule has 2 atom stereocenters. The van der Waals surface area contributed by atoms with Crippen molar-refractivity contribution in [1.82, 2.24) is 19.4 Å². The molecule has 0 N–H and O–H groups in total. The zero-order valence-electron chi connectivity index (χ0n) is 19.8. The average molecular weight is 509 g/mol. The summed E-state index contributed by atoms with van der Waals surface area (Å²) in [6.07, 6.45) is -1.74. The summed E-state index contributed by atoms with van der Waals surface area (Å²) in [5.74, 6) is -1.83. The first-order valence-corrected chi connectivity index (χ1v) is 11.5. The number of ether oxygens (including phenoxy) is 1. The molecule has 0 spiro atoms. The van der Waals surface area contributed by atoms with Gasteiger partial charge in [0.1, 0.15) is 29.4 Å². The lowest BCUT2D eigenvalue weighted by Gasteiger charge is -2.44. The third-order valence-electron chi connectivity index (χ3n) is 6.77. The summed E-state index contributed by atoms with van der Waals surface area (Å²) in [5.41, 5.74) is -1.75. The third-order valence-corrected chi connectivity index (χ3v) is 6.77. The van der Waals surface area contributed by atoms with Crippen LogP contribution in [0.3, 0.4) is 0 Å². The molecule has 1 aliphatic carbocycles. The van der Waals surface area contributed by atoms with Gasteiger partial charge in [0.15, 0.2) is 5.65 Å². The van der Waals surface area contributed by atoms with Crippen LogP contribution in [0.15, 0.2) is 30.7 Å². The molecule has 2 fully saturated rings. The zero-order valence-corrected chi connectivity index (χ0v) is 19.8. The molecule has 1 aromatic carbocycles. The molecule has 192 valence electrons. The van der Waals surface area contributed by atoms with Crippen LogP contribution < -0.4 is 4.90 Å². The van der Waals surface area contributed by atoms with Crippen LogP contribution in [-0.2, 0) is 10.9 Å². The summed E-state index contributed by atoms with van der Waals surface area (Å²) >= 11 is 0. The molecule has 1 saturated heterocycles. The number of aromatic nitrogens is 3. The van der Waals surface area contributed by atoms with E-state index in [0.717, 1.165) is 42.1 Å². The molecule has 3 aromatic rings. The highest BCUT2D eigenvalue weighted by atomic mass is 19.4. The van der Waals surface area contributed by atoms with Gasteiger partial charge in [0.05, 0.1) is 16.6 Å². The molecule has 5 rings (SSSR count). The lowest BCUT2D eigenvalue weighted by Crippen LogP contribution is -2.59. The van der Waals surface area contributed by atoms with E-state index in [9.17, 15) is 26.7 Å². The Kier molecular flexibility index (Phi) is 5.60. The molecule has 0 unspecified atom stereocenters. The van der Waals surface area contributed by atoms with E-state index >= 15 is 0 Å². The van der Waals surface area contributed by atoms with E-state index in [0.29, 0.717) is 6.07 Å². The first kappa shape index (κ1) is 24.3. The van der Waals surface area contributed by atoms with Crippen molar-refractivity contribution in [2.45, 2.75) is 57.5 Å². The van der Waals surface area contributed by atoms with E-state index in [1.165, 1.54) is 0 Å². The summed E-state index contributed by atoms with van der Waals surface area (Å²) in [7, 11) is 0. The molecule has 1 saturated carbocycles. The van der Waals surface area contributed by atoms with Crippen molar-refractivity contribution in [3.8, 4) is 5.69 Å². The van der Waals surface area contributed by atoms with Crippen LogP contribution >= 0.6 is 0 Å². The Morgan fingerprint density at radius 2 is 1.72 bits per heavy atom. The number of benzene rings is 1. The molecule has 7 nitrogen and oxygen atoms in total. The van der Waals surface area contributed by atoms with Crippen LogP contribution in [0.5, 0.6) is 0 Å². The van der Waals surface area contributed by atoms with Crippen molar-refractivity contribution in [2.75, 3.05) is 18.0 Å². The second kappa shape index (κ2) is 8.31. The van der Waals surface area contributed by atoms with Gasteiger partial charge in [0.2, 0.25) is 0 Å². The quantitative estimate of drug-likeness (QED) is 0.448. The Balaban J connectivity index is 1.56. The smallest absolute Gasteiger partial charge is 0.418 e. The van der Waals surface area contributed by atoms with Crippen LogP contribution in [0.4, 0.5) is 32.6 Å². The molecular weight excluding hydrogens is 485 g/mol. The van der Waals surface area contributed by atoms with Gasteiger partial charge in [-0.15, -0.1) is 0 Å². The van der Waals surface area contributed by atoms with Gasteiger partial charge in [-0.25, -0.2) is 23.5 Å². The van der Waals surface area contributed by atoms with Gasteiger partial charge >= 0.3 is 12.3 Å². The van der Waals surface area contributed by atoms with Gasteiger partial charge in [-0.3, -0.25) is 0 Å². The number of fused-ring (bicyclic) bond motifs is 1. The van der Waals surface area contributed by atoms with Crippen LogP contribution in [0.2, 0.25) is 0 Å². The van der Waals surface area contributed by atoms with E-state index in [2.05, 4.69) is 9.97 Å². The summed E-state index contributed by atoms with van der Waals surface area (Å²) in [4.78, 5) is 24.2. The van der Waals surface area contributed by atoms with Gasteiger partial charge in [0, 0.05) is 37.4 Å². The number of carbonyl (C=O) groups is 1. The van der Waals surface area contributed by atoms with Crippen molar-refractivity contribution >= 4 is 22.9 Å². The Morgan fingerprint density at radius 3 is 2.33 bits per heavy atom. The Hall–Kier alpha value is -3.44. The molecule has 0 bridgehead atoms. The molecule has 3 heterocycles. The van der Waals surface area contributed by atoms with Crippen molar-refractivity contribution in [2.24, 2.45) is 0 Å². The van der Waals surface area contributed by atoms with Crippen LogP contribution in [0.1, 0.15) is 39.2 Å². The fourth-order valence-electron chi connectivity index (χ4n) is 4.58. The summed E-state index contributed by atoms with van der Waals surface area (Å²) in [5, 5.41) is -0.282. The maximum atomic E-state index is 14.2. The first-order valence-electron chi connectivity index (χ1n) is 11.5. The minimum atomic E-state index is -4.78. The molecule has 2 aliphatic rings. The van der Waals surface area contributed by atoms with Crippen LogP contribution in [0, 0.1) is 11.6 Å². The Labute approximate surface area is 203 Å². The van der Waals surface area contributed by atoms with E-state index in [1.54, 1.807) is 23.6 Å². The van der Waals surface area contributed by atoms with E-state index in [1.807, 2.05) is 6.92 Å². The minimum Gasteiger partial charge on any atom is -0.443 e. The topological polar surface area (TPSA) is 63.5 Å². The van der Waals surface area contributed by atoms with Crippen molar-refractivity contribution in [3.05, 3.63) is 47.9 Å². The van der Waals surface area contributed by atoms with E-state index < -0.39 is 41.1 Å². The highest BCUT2D eigenvalue weighted by Gasteiger charge is 2.45. The molecule has 0 radical (unpaired) electrons. The molecule has 1 aliphatic heterocycles. The monoisotopic (exact) mass is 509 g/mol. The number of hydrogen-bond donors (Lipinski definition) is 0. The molecule has 12 heteroatoms. The second-order valence-corrected chi connectivity index (χ2v) is 9.75. The zero-order chi connectivity index (χ0) is 26.0. The third kappa shape index (κ3) is 4.33. The maximum absolute atomic E-state index is 14.2. The summed E-state index contributed by atoms with van der Waals surface area (Å²) < 4.78 is 76.8. The first-order chi connectivity index (χ1) is 16.9. The lowest BCUT2D eigenvalue weighted by molar-refractivity contribution is -0.136. The van der Waals surface area contributed by atoms with E-state index in [4.69, 9.17) is 4.74 Å². The average Bonchev–Trinajstić information content (AvgIpc) is 3.35. The summed E-state index contributed by atoms with van der Waals surface area (Å²) in [6, 6.07) is 1.74. The summed E-state index contributed by atoms with van der Waals surface area (Å²) in [6.45, 7) is 5.86. The SMILES string of the molecule is C[C@@H]1CN(c2ncnc3c2c(C(F)(F)F)cn3-c2cc(F)cc(F)c2)[C@@H](C)CN1C(=O)OC1(C)CC1. The lowest BCUT2D eigenvalue weighted by atomic mass is 10.1. The number of alkyl halides is 3. The molecule has 2 aromatic heterocycles. The van der Waals surface area contributed by atoms with Gasteiger partial charge in [0.25, 0.3) is 0 Å². The largest absolute Gasteiger partial charge is 0.443 e. The minimum absolute atomic E-state index is 0.0319. The van der Waals surface area contributed by atoms with Crippen LogP contribution in [-0.4, -0.2) is 56.3 Å². The number of piperazine rings is 1. The standard InChI is InChI=1S/C24H24F5N5O2/c1-13-10-33(22(35)36-23(3)4-5-23)14(2)9-32(13)20-19-18(24(27,28)29)11-34(21(19)31-12-30-20)17-7-15(25)6-16(26)8-17/h6-8,11-14H,4-5,9-10H2,1-3H3/t13-,14+/m0/s1. The van der Waals surface area contributed by atoms with Gasteiger partial charge in [-0.2, -0.15) is 13.2 Å². The van der Waals surface area contributed by atoms with Gasteiger partial charge in [-0.1, -0.05) is 0 Å². The Bertz CT molecular complexity index is 1320. The van der Waals surface area contributed by atoms with Crippen molar-refractivity contribution < 1.29 is 31.5 Å². The fraction of sp³-hybridized carbons (Fsp3) is 0.458. The number of hydrogen-bond acceptors (Lipinski definition) is 5. The highest BCUT2D eigenvalue weighted by molar-refractivity contribution is 5.93. The highest BCUT2D eigenvalue weighted by Crippen LogP contribution is 2.42. The van der Waals surface area contributed by atoms with Crippen molar-refractivity contribution in [3.63, 3.8) is 0 Å². The number of halogens is 5. The predicted octanol–water partition coefficient (Wildman–Crippen LogP) is 5.31. The second-order valence-electron chi connectivity index (χ2n) is 9.75. The van der Waals surface area contributed by atoms with Gasteiger partial charge < -0.3 is 19.1 Å². The number of nitrogens with zero attached hydrogens (tertiary/aromatic N) is 5. The molecular formula is C24H24F5N5O2. The predicted molar refractivity (Wildman–Crippen MR) is 121 cm³/mol.